The fraction of sp³-hybridized carbons (Fsp3) is 0.0769. The van der Waals surface area contributed by atoms with Crippen LogP contribution in [0.15, 0.2) is 47.4 Å². The van der Waals surface area contributed by atoms with Gasteiger partial charge in [0, 0.05) is 5.56 Å². The fourth-order valence-electron chi connectivity index (χ4n) is 1.88. The maximum atomic E-state index is 11.6. The summed E-state index contributed by atoms with van der Waals surface area (Å²) in [6.45, 7) is 0. The molecule has 0 aliphatic heterocycles. The van der Waals surface area contributed by atoms with E-state index in [0.29, 0.717) is 16.9 Å². The van der Waals surface area contributed by atoms with Gasteiger partial charge in [-0.2, -0.15) is 0 Å². The minimum absolute atomic E-state index is 0.0604. The van der Waals surface area contributed by atoms with Gasteiger partial charge in [0.2, 0.25) is 10.0 Å². The molecule has 0 fully saturated rings. The summed E-state index contributed by atoms with van der Waals surface area (Å²) in [4.78, 5) is -0.0604. The Balaban J connectivity index is 2.81. The van der Waals surface area contributed by atoms with Crippen LogP contribution in [0.3, 0.4) is 0 Å². The van der Waals surface area contributed by atoms with Gasteiger partial charge in [-0.1, -0.05) is 24.3 Å². The van der Waals surface area contributed by atoms with Gasteiger partial charge in [-0.25, -0.2) is 13.6 Å². The number of benzene rings is 2. The second kappa shape index (κ2) is 4.91. The zero-order chi connectivity index (χ0) is 14.0. The van der Waals surface area contributed by atoms with Crippen LogP contribution in [-0.2, 0) is 10.0 Å². The summed E-state index contributed by atoms with van der Waals surface area (Å²) in [5.41, 5.74) is 0.606. The van der Waals surface area contributed by atoms with E-state index in [1.807, 2.05) is 0 Å². The molecule has 5 nitrogen and oxygen atoms in total. The van der Waals surface area contributed by atoms with Gasteiger partial charge in [0.1, 0.15) is 11.5 Å². The molecule has 2 aromatic rings. The van der Waals surface area contributed by atoms with Crippen molar-refractivity contribution in [2.45, 2.75) is 4.90 Å². The number of phenolic OH excluding ortho intramolecular Hbond substituents is 1. The van der Waals surface area contributed by atoms with Crippen LogP contribution in [0.2, 0.25) is 0 Å². The highest BCUT2D eigenvalue weighted by atomic mass is 32.2. The lowest BCUT2D eigenvalue weighted by Crippen LogP contribution is -2.13. The molecule has 0 bridgehead atoms. The molecule has 0 aromatic heterocycles. The molecule has 0 amide bonds. The monoisotopic (exact) mass is 279 g/mol. The minimum Gasteiger partial charge on any atom is -0.507 e. The zero-order valence-corrected chi connectivity index (χ0v) is 11.0. The summed E-state index contributed by atoms with van der Waals surface area (Å²) in [5, 5.41) is 15.1. The molecule has 2 aromatic carbocycles. The van der Waals surface area contributed by atoms with Crippen LogP contribution in [-0.4, -0.2) is 20.6 Å². The van der Waals surface area contributed by atoms with Gasteiger partial charge in [-0.05, 0) is 18.2 Å². The predicted octanol–water partition coefficient (Wildman–Crippen LogP) is 1.72. The molecule has 0 saturated carbocycles. The molecule has 0 spiro atoms. The lowest BCUT2D eigenvalue weighted by atomic mass is 10.0. The lowest BCUT2D eigenvalue weighted by Gasteiger charge is -2.13. The van der Waals surface area contributed by atoms with Crippen LogP contribution >= 0.6 is 0 Å². The molecule has 0 atom stereocenters. The van der Waals surface area contributed by atoms with Crippen LogP contribution in [0, 0.1) is 0 Å². The first-order valence-electron chi connectivity index (χ1n) is 5.43. The van der Waals surface area contributed by atoms with Crippen molar-refractivity contribution in [1.29, 1.82) is 0 Å². The van der Waals surface area contributed by atoms with Crippen molar-refractivity contribution in [3.8, 4) is 22.6 Å². The van der Waals surface area contributed by atoms with Crippen molar-refractivity contribution >= 4 is 10.0 Å². The number of rotatable bonds is 3. The third-order valence-electron chi connectivity index (χ3n) is 2.69. The van der Waals surface area contributed by atoms with Crippen LogP contribution in [0.5, 0.6) is 11.5 Å². The number of hydrogen-bond donors (Lipinski definition) is 2. The molecule has 100 valence electrons. The second-order valence-electron chi connectivity index (χ2n) is 3.90. The molecule has 0 aliphatic carbocycles. The topological polar surface area (TPSA) is 89.6 Å². The Bertz CT molecular complexity index is 710. The fourth-order valence-corrected chi connectivity index (χ4v) is 2.63. The summed E-state index contributed by atoms with van der Waals surface area (Å²) < 4.78 is 28.3. The van der Waals surface area contributed by atoms with E-state index < -0.39 is 10.0 Å². The first-order chi connectivity index (χ1) is 8.95. The highest BCUT2D eigenvalue weighted by Crippen LogP contribution is 2.40. The van der Waals surface area contributed by atoms with Crippen molar-refractivity contribution in [3.05, 3.63) is 42.5 Å². The van der Waals surface area contributed by atoms with E-state index in [0.717, 1.165) is 0 Å². The number of primary sulfonamides is 1. The third kappa shape index (κ3) is 2.54. The Labute approximate surface area is 111 Å². The Morgan fingerprint density at radius 3 is 2.42 bits per heavy atom. The average Bonchev–Trinajstić information content (AvgIpc) is 2.37. The Kier molecular flexibility index (Phi) is 3.46. The summed E-state index contributed by atoms with van der Waals surface area (Å²) in [6, 6.07) is 10.9. The third-order valence-corrected chi connectivity index (χ3v) is 3.66. The minimum atomic E-state index is -3.89. The molecule has 0 heterocycles. The van der Waals surface area contributed by atoms with Gasteiger partial charge >= 0.3 is 0 Å². The van der Waals surface area contributed by atoms with Crippen LogP contribution in [0.4, 0.5) is 0 Å². The first kappa shape index (κ1) is 13.4. The van der Waals surface area contributed by atoms with Crippen LogP contribution in [0.25, 0.3) is 11.1 Å². The van der Waals surface area contributed by atoms with Crippen molar-refractivity contribution in [1.82, 2.24) is 0 Å². The van der Waals surface area contributed by atoms with E-state index >= 15 is 0 Å². The molecular weight excluding hydrogens is 266 g/mol. The number of aromatic hydroxyl groups is 1. The number of phenols is 1. The Hall–Kier alpha value is -2.05. The molecule has 0 aliphatic rings. The Morgan fingerprint density at radius 2 is 1.79 bits per heavy atom. The normalized spacial score (nSPS) is 11.3. The van der Waals surface area contributed by atoms with E-state index in [1.165, 1.54) is 19.2 Å². The zero-order valence-electron chi connectivity index (χ0n) is 10.2. The smallest absolute Gasteiger partial charge is 0.238 e. The maximum absolute atomic E-state index is 11.6. The quantitative estimate of drug-likeness (QED) is 0.895. The largest absolute Gasteiger partial charge is 0.507 e. The van der Waals surface area contributed by atoms with E-state index in [2.05, 4.69) is 0 Å². The highest BCUT2D eigenvalue weighted by molar-refractivity contribution is 7.89. The van der Waals surface area contributed by atoms with Gasteiger partial charge in [0.25, 0.3) is 0 Å². The molecule has 0 radical (unpaired) electrons. The van der Waals surface area contributed by atoms with Gasteiger partial charge < -0.3 is 9.84 Å². The standard InChI is InChI=1S/C13H13NO4S/c1-18-11-7-4-6-10(15)13(11)9-5-2-3-8-12(9)19(14,16)17/h2-8,15H,1H3,(H2,14,16,17). The number of hydrogen-bond acceptors (Lipinski definition) is 4. The van der Waals surface area contributed by atoms with Crippen molar-refractivity contribution in [2.75, 3.05) is 7.11 Å². The van der Waals surface area contributed by atoms with Crippen molar-refractivity contribution < 1.29 is 18.3 Å². The van der Waals surface area contributed by atoms with Crippen molar-refractivity contribution in [3.63, 3.8) is 0 Å². The maximum Gasteiger partial charge on any atom is 0.238 e. The molecule has 19 heavy (non-hydrogen) atoms. The van der Waals surface area contributed by atoms with Gasteiger partial charge in [-0.15, -0.1) is 0 Å². The highest BCUT2D eigenvalue weighted by Gasteiger charge is 2.19. The van der Waals surface area contributed by atoms with Gasteiger partial charge in [0.05, 0.1) is 17.6 Å². The molecule has 2 rings (SSSR count). The van der Waals surface area contributed by atoms with Crippen LogP contribution in [0.1, 0.15) is 0 Å². The molecule has 0 unspecified atom stereocenters. The SMILES string of the molecule is COc1cccc(O)c1-c1ccccc1S(N)(=O)=O. The van der Waals surface area contributed by atoms with E-state index in [-0.39, 0.29) is 10.6 Å². The molecule has 6 heteroatoms. The van der Waals surface area contributed by atoms with Crippen molar-refractivity contribution in [2.24, 2.45) is 5.14 Å². The number of nitrogens with two attached hydrogens (primary N) is 1. The molecule has 0 saturated heterocycles. The summed E-state index contributed by atoms with van der Waals surface area (Å²) in [6.07, 6.45) is 0. The van der Waals surface area contributed by atoms with Gasteiger partial charge in [0.15, 0.2) is 0 Å². The van der Waals surface area contributed by atoms with E-state index in [1.54, 1.807) is 30.3 Å². The molecular formula is C13H13NO4S. The average molecular weight is 279 g/mol. The number of ether oxygens (including phenoxy) is 1. The lowest BCUT2D eigenvalue weighted by molar-refractivity contribution is 0.410. The summed E-state index contributed by atoms with van der Waals surface area (Å²) >= 11 is 0. The van der Waals surface area contributed by atoms with E-state index in [9.17, 15) is 13.5 Å². The molecule has 3 N–H and O–H groups in total. The number of sulfonamides is 1. The Morgan fingerprint density at radius 1 is 1.11 bits per heavy atom. The summed E-state index contributed by atoms with van der Waals surface area (Å²) in [7, 11) is -2.45. The van der Waals surface area contributed by atoms with Crippen LogP contribution < -0.4 is 9.88 Å². The summed E-state index contributed by atoms with van der Waals surface area (Å²) in [5.74, 6) is 0.298. The first-order valence-corrected chi connectivity index (χ1v) is 6.98. The second-order valence-corrected chi connectivity index (χ2v) is 5.43. The van der Waals surface area contributed by atoms with E-state index in [4.69, 9.17) is 9.88 Å². The van der Waals surface area contributed by atoms with Gasteiger partial charge in [-0.3, -0.25) is 0 Å². The predicted molar refractivity (Wildman–Crippen MR) is 71.5 cm³/mol. The number of methoxy groups -OCH3 is 1.